The summed E-state index contributed by atoms with van der Waals surface area (Å²) in [6, 6.07) is 4.78. The van der Waals surface area contributed by atoms with E-state index in [0.29, 0.717) is 23.0 Å². The van der Waals surface area contributed by atoms with Crippen molar-refractivity contribution in [1.29, 1.82) is 0 Å². The minimum atomic E-state index is -1.08. The molecule has 0 aliphatic heterocycles. The van der Waals surface area contributed by atoms with Crippen molar-refractivity contribution in [3.63, 3.8) is 0 Å². The highest BCUT2D eigenvalue weighted by atomic mass is 16.5. The Balaban J connectivity index is 2.22. The Morgan fingerprint density at radius 1 is 1.40 bits per heavy atom. The van der Waals surface area contributed by atoms with Crippen molar-refractivity contribution in [2.45, 2.75) is 26.3 Å². The summed E-state index contributed by atoms with van der Waals surface area (Å²) >= 11 is 0. The first-order chi connectivity index (χ1) is 11.9. The molecule has 0 saturated carbocycles. The molecule has 0 radical (unpaired) electrons. The van der Waals surface area contributed by atoms with Gasteiger partial charge in [0.05, 0.1) is 12.1 Å². The molecule has 132 valence electrons. The number of carbonyl (C=O) groups excluding carboxylic acids is 2. The third kappa shape index (κ3) is 4.66. The zero-order valence-corrected chi connectivity index (χ0v) is 13.8. The number of unbranched alkanes of at least 4 members (excludes halogenated alkanes) is 1. The number of nitrogens with one attached hydrogen (secondary N) is 1. The lowest BCUT2D eigenvalue weighted by Gasteiger charge is -2.07. The monoisotopic (exact) mass is 345 g/mol. The van der Waals surface area contributed by atoms with Gasteiger partial charge in [0.15, 0.2) is 5.78 Å². The van der Waals surface area contributed by atoms with Gasteiger partial charge in [0, 0.05) is 18.0 Å². The van der Waals surface area contributed by atoms with E-state index >= 15 is 0 Å². The summed E-state index contributed by atoms with van der Waals surface area (Å²) in [5.41, 5.74) is 1.05. The largest absolute Gasteiger partial charge is 0.480 e. The first-order valence-corrected chi connectivity index (χ1v) is 7.70. The number of anilines is 1. The van der Waals surface area contributed by atoms with Gasteiger partial charge < -0.3 is 9.84 Å². The molecule has 0 fully saturated rings. The maximum Gasteiger partial charge on any atom is 0.411 e. The minimum Gasteiger partial charge on any atom is -0.480 e. The number of carboxylic acids is 1. The van der Waals surface area contributed by atoms with E-state index in [1.54, 1.807) is 24.3 Å². The van der Waals surface area contributed by atoms with Crippen molar-refractivity contribution in [2.75, 3.05) is 11.9 Å². The molecule has 2 aromatic rings. The molecule has 2 rings (SSSR count). The molecule has 1 aromatic carbocycles. The van der Waals surface area contributed by atoms with Crippen LogP contribution in [0.15, 0.2) is 30.9 Å². The fourth-order valence-electron chi connectivity index (χ4n) is 2.31. The van der Waals surface area contributed by atoms with Crippen LogP contribution < -0.4 is 5.32 Å². The maximum atomic E-state index is 11.8. The van der Waals surface area contributed by atoms with Crippen LogP contribution in [0.2, 0.25) is 0 Å². The number of nitrogens with zero attached hydrogens (tertiary/aromatic N) is 2. The van der Waals surface area contributed by atoms with E-state index in [-0.39, 0.29) is 24.6 Å². The standard InChI is InChI=1S/C17H19N3O5/c1-3-4-5-8-25-17(24)18-12-6-7-13-14(9-12)20(10-15(22)23)19-16(13)11(2)21/h3,6-7,9H,1,4-5,8,10H2,2H3,(H,18,24)(H,22,23). The summed E-state index contributed by atoms with van der Waals surface area (Å²) in [6.07, 6.45) is 2.57. The fourth-order valence-corrected chi connectivity index (χ4v) is 2.31. The van der Waals surface area contributed by atoms with E-state index in [0.717, 1.165) is 6.42 Å². The van der Waals surface area contributed by atoms with Crippen molar-refractivity contribution in [2.24, 2.45) is 0 Å². The zero-order valence-electron chi connectivity index (χ0n) is 13.8. The second-order valence-electron chi connectivity index (χ2n) is 5.38. The van der Waals surface area contributed by atoms with Crippen molar-refractivity contribution in [3.8, 4) is 0 Å². The molecule has 0 saturated heterocycles. The highest BCUT2D eigenvalue weighted by Gasteiger charge is 2.16. The summed E-state index contributed by atoms with van der Waals surface area (Å²) in [4.78, 5) is 34.4. The molecule has 0 atom stereocenters. The lowest BCUT2D eigenvalue weighted by atomic mass is 10.1. The number of allylic oxidation sites excluding steroid dienone is 1. The Bertz CT molecular complexity index is 825. The number of aromatic nitrogens is 2. The van der Waals surface area contributed by atoms with Crippen LogP contribution in [0.3, 0.4) is 0 Å². The second-order valence-corrected chi connectivity index (χ2v) is 5.38. The maximum absolute atomic E-state index is 11.8. The second kappa shape index (κ2) is 8.09. The molecule has 8 nitrogen and oxygen atoms in total. The van der Waals surface area contributed by atoms with Crippen LogP contribution in [0, 0.1) is 0 Å². The van der Waals surface area contributed by atoms with Gasteiger partial charge in [-0.3, -0.25) is 19.6 Å². The first kappa shape index (κ1) is 18.2. The number of benzene rings is 1. The van der Waals surface area contributed by atoms with Crippen molar-refractivity contribution < 1.29 is 24.2 Å². The SMILES string of the molecule is C=CCCCOC(=O)Nc1ccc2c(C(C)=O)nn(CC(=O)O)c2c1. The van der Waals surface area contributed by atoms with E-state index < -0.39 is 12.1 Å². The van der Waals surface area contributed by atoms with E-state index in [1.165, 1.54) is 11.6 Å². The topological polar surface area (TPSA) is 111 Å². The molecule has 2 N–H and O–H groups in total. The third-order valence-electron chi connectivity index (χ3n) is 3.40. The number of amides is 1. The molecule has 1 heterocycles. The molecular formula is C17H19N3O5. The van der Waals surface area contributed by atoms with Crippen LogP contribution in [0.1, 0.15) is 30.3 Å². The van der Waals surface area contributed by atoms with Gasteiger partial charge in [0.1, 0.15) is 12.2 Å². The molecule has 0 aliphatic carbocycles. The lowest BCUT2D eigenvalue weighted by molar-refractivity contribution is -0.137. The van der Waals surface area contributed by atoms with Crippen molar-refractivity contribution in [1.82, 2.24) is 9.78 Å². The molecule has 1 aromatic heterocycles. The molecule has 1 amide bonds. The third-order valence-corrected chi connectivity index (χ3v) is 3.40. The summed E-state index contributed by atoms with van der Waals surface area (Å²) in [6.45, 7) is 4.83. The smallest absolute Gasteiger partial charge is 0.411 e. The average molecular weight is 345 g/mol. The normalized spacial score (nSPS) is 10.4. The first-order valence-electron chi connectivity index (χ1n) is 7.70. The molecule has 0 aliphatic rings. The minimum absolute atomic E-state index is 0.190. The quantitative estimate of drug-likeness (QED) is 0.432. The van der Waals surface area contributed by atoms with E-state index in [1.807, 2.05) is 0 Å². The Labute approximate surface area is 144 Å². The number of ether oxygens (including phenoxy) is 1. The molecule has 0 bridgehead atoms. The van der Waals surface area contributed by atoms with Crippen LogP contribution in [0.5, 0.6) is 0 Å². The van der Waals surface area contributed by atoms with Crippen molar-refractivity contribution >= 4 is 34.4 Å². The highest BCUT2D eigenvalue weighted by Crippen LogP contribution is 2.23. The number of hydrogen-bond donors (Lipinski definition) is 2. The van der Waals surface area contributed by atoms with Crippen LogP contribution in [-0.4, -0.2) is 39.3 Å². The highest BCUT2D eigenvalue weighted by molar-refractivity contribution is 6.06. The Morgan fingerprint density at radius 2 is 2.16 bits per heavy atom. The van der Waals surface area contributed by atoms with Crippen LogP contribution in [-0.2, 0) is 16.1 Å². The van der Waals surface area contributed by atoms with Gasteiger partial charge >= 0.3 is 12.1 Å². The average Bonchev–Trinajstić information content (AvgIpc) is 2.89. The number of aliphatic carboxylic acids is 1. The molecular weight excluding hydrogens is 326 g/mol. The number of fused-ring (bicyclic) bond motifs is 1. The predicted octanol–water partition coefficient (Wildman–Crippen LogP) is 2.84. The Kier molecular flexibility index (Phi) is 5.89. The van der Waals surface area contributed by atoms with Gasteiger partial charge in [-0.15, -0.1) is 6.58 Å². The Hall–Kier alpha value is -3.16. The zero-order chi connectivity index (χ0) is 18.4. The van der Waals surface area contributed by atoms with E-state index in [4.69, 9.17) is 9.84 Å². The van der Waals surface area contributed by atoms with Gasteiger partial charge in [-0.05, 0) is 31.0 Å². The van der Waals surface area contributed by atoms with E-state index in [9.17, 15) is 14.4 Å². The number of ketones is 1. The van der Waals surface area contributed by atoms with Crippen LogP contribution >= 0.6 is 0 Å². The molecule has 0 unspecified atom stereocenters. The van der Waals surface area contributed by atoms with Gasteiger partial charge in [-0.1, -0.05) is 6.08 Å². The summed E-state index contributed by atoms with van der Waals surface area (Å²) in [5, 5.41) is 16.1. The fraction of sp³-hybridized carbons (Fsp3) is 0.294. The predicted molar refractivity (Wildman–Crippen MR) is 91.8 cm³/mol. The van der Waals surface area contributed by atoms with Crippen molar-refractivity contribution in [3.05, 3.63) is 36.5 Å². The lowest BCUT2D eigenvalue weighted by Crippen LogP contribution is -2.14. The Morgan fingerprint density at radius 3 is 2.80 bits per heavy atom. The number of rotatable bonds is 8. The van der Waals surface area contributed by atoms with Crippen LogP contribution in [0.4, 0.5) is 10.5 Å². The summed E-state index contributed by atoms with van der Waals surface area (Å²) in [5.74, 6) is -1.35. The molecule has 25 heavy (non-hydrogen) atoms. The summed E-state index contributed by atoms with van der Waals surface area (Å²) in [7, 11) is 0. The molecule has 0 spiro atoms. The van der Waals surface area contributed by atoms with E-state index in [2.05, 4.69) is 17.0 Å². The number of Topliss-reactive ketones (excluding diaryl/α,β-unsaturated/α-hetero) is 1. The van der Waals surface area contributed by atoms with Gasteiger partial charge in [-0.25, -0.2) is 4.79 Å². The number of hydrogen-bond acceptors (Lipinski definition) is 5. The molecule has 8 heteroatoms. The van der Waals surface area contributed by atoms with Gasteiger partial charge in [0.25, 0.3) is 0 Å². The summed E-state index contributed by atoms with van der Waals surface area (Å²) < 4.78 is 6.25. The van der Waals surface area contributed by atoms with Gasteiger partial charge in [-0.2, -0.15) is 5.10 Å². The number of carboxylic acid groups (broad SMARTS) is 1. The van der Waals surface area contributed by atoms with Crippen LogP contribution in [0.25, 0.3) is 10.9 Å². The number of carbonyl (C=O) groups is 3. The van der Waals surface area contributed by atoms with Gasteiger partial charge in [0.2, 0.25) is 0 Å².